The summed E-state index contributed by atoms with van der Waals surface area (Å²) in [5, 5.41) is 0. The quantitative estimate of drug-likeness (QED) is 0.488. The maximum absolute atomic E-state index is 6.45. The molecule has 3 heterocycles. The highest BCUT2D eigenvalue weighted by Crippen LogP contribution is 2.40. The topological polar surface area (TPSA) is 78.9 Å². The van der Waals surface area contributed by atoms with Gasteiger partial charge in [0, 0.05) is 22.0 Å². The summed E-state index contributed by atoms with van der Waals surface area (Å²) in [6.45, 7) is 2.08. The van der Waals surface area contributed by atoms with E-state index < -0.39 is 0 Å². The molecular formula is C22H18BrN5O. The Morgan fingerprint density at radius 3 is 2.76 bits per heavy atom. The lowest BCUT2D eigenvalue weighted by atomic mass is 9.92. The van der Waals surface area contributed by atoms with Crippen LogP contribution in [0.3, 0.4) is 0 Å². The van der Waals surface area contributed by atoms with Gasteiger partial charge in [0.2, 0.25) is 0 Å². The van der Waals surface area contributed by atoms with Gasteiger partial charge in [0.1, 0.15) is 23.4 Å². The summed E-state index contributed by atoms with van der Waals surface area (Å²) in [5.41, 5.74) is 10.7. The first-order chi connectivity index (χ1) is 14.1. The average Bonchev–Trinajstić information content (AvgIpc) is 3.18. The number of ether oxygens (including phenoxy) is 1. The number of allylic oxidation sites excluding steroid dienone is 2. The van der Waals surface area contributed by atoms with Crippen molar-refractivity contribution in [3.05, 3.63) is 82.5 Å². The summed E-state index contributed by atoms with van der Waals surface area (Å²) in [6.07, 6.45) is 3.99. The molecule has 1 aliphatic rings. The molecule has 0 fully saturated rings. The fourth-order valence-electron chi connectivity index (χ4n) is 3.74. The molecule has 144 valence electrons. The average molecular weight is 448 g/mol. The van der Waals surface area contributed by atoms with Gasteiger partial charge < -0.3 is 15.0 Å². The number of nitrogens with zero attached hydrogens (tertiary/aromatic N) is 4. The standard InChI is InChI=1S/C22H18BrN5O/c1-13(28-12-27-19-21(24)25-11-26-22(19)28)20-17(14-5-3-2-4-6-14)10-15-9-16(23)7-8-18(15)29-20/h2-9,11-13H,10H2,1H3,(H2,24,25,26). The maximum Gasteiger partial charge on any atom is 0.166 e. The molecule has 7 heteroatoms. The number of hydrogen-bond acceptors (Lipinski definition) is 5. The van der Waals surface area contributed by atoms with Crippen LogP contribution in [0.4, 0.5) is 5.82 Å². The molecule has 0 aliphatic carbocycles. The van der Waals surface area contributed by atoms with Crippen LogP contribution >= 0.6 is 15.9 Å². The number of nitrogens with two attached hydrogens (primary N) is 1. The number of imidazole rings is 1. The largest absolute Gasteiger partial charge is 0.459 e. The van der Waals surface area contributed by atoms with E-state index in [1.165, 1.54) is 6.33 Å². The highest BCUT2D eigenvalue weighted by molar-refractivity contribution is 9.10. The van der Waals surface area contributed by atoms with Crippen molar-refractivity contribution in [3.8, 4) is 5.75 Å². The number of rotatable bonds is 3. The molecule has 2 aromatic carbocycles. The van der Waals surface area contributed by atoms with Gasteiger partial charge in [-0.2, -0.15) is 0 Å². The van der Waals surface area contributed by atoms with Crippen LogP contribution in [0.5, 0.6) is 5.75 Å². The van der Waals surface area contributed by atoms with Crippen molar-refractivity contribution in [2.75, 3.05) is 5.73 Å². The third kappa shape index (κ3) is 3.07. The summed E-state index contributed by atoms with van der Waals surface area (Å²) in [7, 11) is 0. The lowest BCUT2D eigenvalue weighted by Crippen LogP contribution is -2.19. The number of fused-ring (bicyclic) bond motifs is 2. The number of hydrogen-bond donors (Lipinski definition) is 1. The Kier molecular flexibility index (Phi) is 4.32. The lowest BCUT2D eigenvalue weighted by Gasteiger charge is -2.28. The molecule has 1 aliphatic heterocycles. The minimum Gasteiger partial charge on any atom is -0.459 e. The third-order valence-electron chi connectivity index (χ3n) is 5.21. The molecule has 0 saturated carbocycles. The SMILES string of the molecule is CC(C1=C(c2ccccc2)Cc2cc(Br)ccc2O1)n1cnc2c(N)ncnc21. The van der Waals surface area contributed by atoms with Crippen LogP contribution in [0.15, 0.2) is 71.4 Å². The van der Waals surface area contributed by atoms with Crippen molar-refractivity contribution in [1.82, 2.24) is 19.5 Å². The molecule has 0 amide bonds. The molecule has 5 rings (SSSR count). The summed E-state index contributed by atoms with van der Waals surface area (Å²) in [6, 6.07) is 16.3. The van der Waals surface area contributed by atoms with E-state index in [9.17, 15) is 0 Å². The zero-order chi connectivity index (χ0) is 20.0. The van der Waals surface area contributed by atoms with Crippen molar-refractivity contribution in [1.29, 1.82) is 0 Å². The van der Waals surface area contributed by atoms with Crippen molar-refractivity contribution in [2.24, 2.45) is 0 Å². The van der Waals surface area contributed by atoms with E-state index in [4.69, 9.17) is 10.5 Å². The second kappa shape index (κ2) is 7.00. The van der Waals surface area contributed by atoms with Crippen molar-refractivity contribution in [2.45, 2.75) is 19.4 Å². The molecule has 1 unspecified atom stereocenters. The number of nitrogen functional groups attached to an aromatic ring is 1. The van der Waals surface area contributed by atoms with Gasteiger partial charge in [-0.1, -0.05) is 46.3 Å². The maximum atomic E-state index is 6.45. The highest BCUT2D eigenvalue weighted by atomic mass is 79.9. The molecule has 0 saturated heterocycles. The van der Waals surface area contributed by atoms with Gasteiger partial charge in [0.15, 0.2) is 11.5 Å². The molecule has 6 nitrogen and oxygen atoms in total. The van der Waals surface area contributed by atoms with E-state index in [1.54, 1.807) is 6.33 Å². The minimum absolute atomic E-state index is 0.124. The Bertz CT molecular complexity index is 1250. The Labute approximate surface area is 176 Å². The van der Waals surface area contributed by atoms with Crippen LogP contribution in [-0.4, -0.2) is 19.5 Å². The van der Waals surface area contributed by atoms with E-state index >= 15 is 0 Å². The van der Waals surface area contributed by atoms with Crippen LogP contribution < -0.4 is 10.5 Å². The van der Waals surface area contributed by atoms with Gasteiger partial charge in [-0.05, 0) is 30.7 Å². The third-order valence-corrected chi connectivity index (χ3v) is 5.71. The first-order valence-electron chi connectivity index (χ1n) is 9.29. The fourth-order valence-corrected chi connectivity index (χ4v) is 4.15. The Balaban J connectivity index is 1.67. The molecule has 2 aromatic heterocycles. The van der Waals surface area contributed by atoms with Gasteiger partial charge in [-0.3, -0.25) is 0 Å². The predicted molar refractivity (Wildman–Crippen MR) is 116 cm³/mol. The van der Waals surface area contributed by atoms with E-state index in [-0.39, 0.29) is 6.04 Å². The monoisotopic (exact) mass is 447 g/mol. The smallest absolute Gasteiger partial charge is 0.166 e. The molecule has 2 N–H and O–H groups in total. The summed E-state index contributed by atoms with van der Waals surface area (Å²) in [4.78, 5) is 12.8. The number of benzene rings is 2. The van der Waals surface area contributed by atoms with Crippen LogP contribution in [0.2, 0.25) is 0 Å². The van der Waals surface area contributed by atoms with Crippen LogP contribution in [-0.2, 0) is 6.42 Å². The van der Waals surface area contributed by atoms with E-state index in [0.29, 0.717) is 17.0 Å². The van der Waals surface area contributed by atoms with Crippen molar-refractivity contribution in [3.63, 3.8) is 0 Å². The summed E-state index contributed by atoms with van der Waals surface area (Å²) >= 11 is 3.57. The van der Waals surface area contributed by atoms with Crippen LogP contribution in [0.1, 0.15) is 24.1 Å². The Hall–Kier alpha value is -3.19. The molecule has 1 atom stereocenters. The first kappa shape index (κ1) is 17.9. The van der Waals surface area contributed by atoms with Crippen LogP contribution in [0.25, 0.3) is 16.7 Å². The Morgan fingerprint density at radius 1 is 1.10 bits per heavy atom. The van der Waals surface area contributed by atoms with Crippen molar-refractivity contribution >= 4 is 38.5 Å². The highest BCUT2D eigenvalue weighted by Gasteiger charge is 2.27. The van der Waals surface area contributed by atoms with E-state index in [0.717, 1.165) is 39.1 Å². The van der Waals surface area contributed by atoms with Crippen LogP contribution in [0, 0.1) is 0 Å². The first-order valence-corrected chi connectivity index (χ1v) is 10.1. The zero-order valence-electron chi connectivity index (χ0n) is 15.7. The molecule has 0 bridgehead atoms. The normalized spacial score (nSPS) is 14.6. The van der Waals surface area contributed by atoms with Gasteiger partial charge >= 0.3 is 0 Å². The molecular weight excluding hydrogens is 430 g/mol. The van der Waals surface area contributed by atoms with E-state index in [1.807, 2.05) is 34.9 Å². The van der Waals surface area contributed by atoms with E-state index in [2.05, 4.69) is 56.0 Å². The summed E-state index contributed by atoms with van der Waals surface area (Å²) < 4.78 is 9.47. The summed E-state index contributed by atoms with van der Waals surface area (Å²) in [5.74, 6) is 2.12. The van der Waals surface area contributed by atoms with Gasteiger partial charge in [-0.25, -0.2) is 15.0 Å². The molecule has 0 spiro atoms. The second-order valence-electron chi connectivity index (χ2n) is 7.00. The number of aromatic nitrogens is 4. The second-order valence-corrected chi connectivity index (χ2v) is 7.91. The number of anilines is 1. The predicted octanol–water partition coefficient (Wildman–Crippen LogP) is 4.78. The van der Waals surface area contributed by atoms with Gasteiger partial charge in [0.25, 0.3) is 0 Å². The zero-order valence-corrected chi connectivity index (χ0v) is 17.3. The van der Waals surface area contributed by atoms with Gasteiger partial charge in [-0.15, -0.1) is 0 Å². The van der Waals surface area contributed by atoms with Gasteiger partial charge in [0.05, 0.1) is 12.4 Å². The molecule has 29 heavy (non-hydrogen) atoms. The fraction of sp³-hybridized carbons (Fsp3) is 0.136. The lowest BCUT2D eigenvalue weighted by molar-refractivity contribution is 0.349. The molecule has 4 aromatic rings. The molecule has 0 radical (unpaired) electrons. The minimum atomic E-state index is -0.124. The number of halogens is 1. The van der Waals surface area contributed by atoms with Crippen molar-refractivity contribution < 1.29 is 4.74 Å². The Morgan fingerprint density at radius 2 is 1.93 bits per heavy atom.